The SMILES string of the molecule is CCCc1nc(-c2nc(N)n[nH]2)n[nH]1. The predicted octanol–water partition coefficient (Wildman–Crippen LogP) is 0.124. The van der Waals surface area contributed by atoms with Gasteiger partial charge >= 0.3 is 0 Å². The maximum absolute atomic E-state index is 5.36. The Morgan fingerprint density at radius 3 is 2.71 bits per heavy atom. The van der Waals surface area contributed by atoms with E-state index in [9.17, 15) is 0 Å². The molecule has 0 aliphatic heterocycles. The summed E-state index contributed by atoms with van der Waals surface area (Å²) in [7, 11) is 0. The highest BCUT2D eigenvalue weighted by Gasteiger charge is 2.08. The number of nitrogen functional groups attached to an aromatic ring is 1. The van der Waals surface area contributed by atoms with Gasteiger partial charge in [0.2, 0.25) is 11.8 Å². The fourth-order valence-corrected chi connectivity index (χ4v) is 1.12. The zero-order valence-electron chi connectivity index (χ0n) is 7.78. The van der Waals surface area contributed by atoms with Crippen LogP contribution in [-0.2, 0) is 6.42 Å². The Balaban J connectivity index is 2.24. The Labute approximate surface area is 80.2 Å². The number of aryl methyl sites for hydroxylation is 1. The van der Waals surface area contributed by atoms with Gasteiger partial charge in [0.25, 0.3) is 0 Å². The highest BCUT2D eigenvalue weighted by atomic mass is 15.3. The van der Waals surface area contributed by atoms with Gasteiger partial charge in [0.05, 0.1) is 0 Å². The molecule has 0 aliphatic rings. The standard InChI is InChI=1S/C7H11N7/c1-2-3-4-9-5(12-11-4)6-10-7(8)14-13-6/h2-3H2,1H3,(H,9,11,12)(H3,8,10,13,14). The monoisotopic (exact) mass is 193 g/mol. The van der Waals surface area contributed by atoms with Gasteiger partial charge in [-0.15, -0.1) is 10.2 Å². The lowest BCUT2D eigenvalue weighted by molar-refractivity contribution is 0.841. The van der Waals surface area contributed by atoms with Crippen molar-refractivity contribution in [2.45, 2.75) is 19.8 Å². The van der Waals surface area contributed by atoms with Crippen molar-refractivity contribution in [1.82, 2.24) is 30.4 Å². The van der Waals surface area contributed by atoms with Crippen LogP contribution < -0.4 is 5.73 Å². The van der Waals surface area contributed by atoms with E-state index in [1.165, 1.54) is 0 Å². The number of anilines is 1. The molecule has 0 saturated heterocycles. The molecule has 0 bridgehead atoms. The molecule has 4 N–H and O–H groups in total. The summed E-state index contributed by atoms with van der Waals surface area (Å²) < 4.78 is 0. The van der Waals surface area contributed by atoms with Crippen LogP contribution in [0.3, 0.4) is 0 Å². The number of aromatic nitrogens is 6. The summed E-state index contributed by atoms with van der Waals surface area (Å²) in [4.78, 5) is 8.15. The largest absolute Gasteiger partial charge is 0.366 e. The molecular weight excluding hydrogens is 182 g/mol. The molecule has 0 atom stereocenters. The van der Waals surface area contributed by atoms with Crippen molar-refractivity contribution in [3.05, 3.63) is 5.82 Å². The molecule has 7 nitrogen and oxygen atoms in total. The highest BCUT2D eigenvalue weighted by molar-refractivity contribution is 5.43. The Bertz CT molecular complexity index is 415. The molecule has 2 rings (SSSR count). The van der Waals surface area contributed by atoms with Gasteiger partial charge in [-0.05, 0) is 6.42 Å². The third-order valence-electron chi connectivity index (χ3n) is 1.73. The van der Waals surface area contributed by atoms with Gasteiger partial charge in [0.15, 0.2) is 5.82 Å². The molecule has 7 heteroatoms. The Morgan fingerprint density at radius 2 is 2.07 bits per heavy atom. The quantitative estimate of drug-likeness (QED) is 0.641. The number of rotatable bonds is 3. The van der Waals surface area contributed by atoms with Gasteiger partial charge in [0, 0.05) is 6.42 Å². The maximum Gasteiger partial charge on any atom is 0.239 e. The van der Waals surface area contributed by atoms with Crippen LogP contribution in [0.5, 0.6) is 0 Å². The summed E-state index contributed by atoms with van der Waals surface area (Å²) in [6.45, 7) is 2.08. The second kappa shape index (κ2) is 3.44. The van der Waals surface area contributed by atoms with E-state index in [1.807, 2.05) is 0 Å². The van der Waals surface area contributed by atoms with Crippen molar-refractivity contribution in [3.63, 3.8) is 0 Å². The zero-order valence-corrected chi connectivity index (χ0v) is 7.78. The number of H-pyrrole nitrogens is 2. The van der Waals surface area contributed by atoms with Crippen molar-refractivity contribution < 1.29 is 0 Å². The topological polar surface area (TPSA) is 109 Å². The van der Waals surface area contributed by atoms with Crippen LogP contribution in [0.25, 0.3) is 11.6 Å². The van der Waals surface area contributed by atoms with E-state index in [0.29, 0.717) is 11.6 Å². The van der Waals surface area contributed by atoms with Crippen LogP contribution in [0, 0.1) is 0 Å². The van der Waals surface area contributed by atoms with Crippen LogP contribution in [0.2, 0.25) is 0 Å². The molecule has 0 fully saturated rings. The first-order valence-corrected chi connectivity index (χ1v) is 4.39. The molecule has 0 aromatic carbocycles. The second-order valence-corrected chi connectivity index (χ2v) is 2.90. The average Bonchev–Trinajstić information content (AvgIpc) is 2.74. The van der Waals surface area contributed by atoms with E-state index < -0.39 is 0 Å². The lowest BCUT2D eigenvalue weighted by Gasteiger charge is -1.86. The smallest absolute Gasteiger partial charge is 0.239 e. The lowest BCUT2D eigenvalue weighted by Crippen LogP contribution is -1.87. The number of nitrogens with two attached hydrogens (primary N) is 1. The van der Waals surface area contributed by atoms with Crippen LogP contribution in [0.1, 0.15) is 19.2 Å². The Hall–Kier alpha value is -1.92. The van der Waals surface area contributed by atoms with Gasteiger partial charge in [-0.25, -0.2) is 4.98 Å². The van der Waals surface area contributed by atoms with E-state index in [2.05, 4.69) is 37.3 Å². The van der Waals surface area contributed by atoms with Gasteiger partial charge in [-0.3, -0.25) is 10.2 Å². The predicted molar refractivity (Wildman–Crippen MR) is 50.2 cm³/mol. The van der Waals surface area contributed by atoms with Crippen molar-refractivity contribution >= 4 is 5.95 Å². The fraction of sp³-hybridized carbons (Fsp3) is 0.429. The summed E-state index contributed by atoms with van der Waals surface area (Å²) >= 11 is 0. The molecule has 2 aromatic heterocycles. The van der Waals surface area contributed by atoms with Gasteiger partial charge in [-0.2, -0.15) is 4.98 Å². The molecule has 0 radical (unpaired) electrons. The van der Waals surface area contributed by atoms with Crippen molar-refractivity contribution in [3.8, 4) is 11.6 Å². The molecule has 2 heterocycles. The van der Waals surface area contributed by atoms with E-state index in [0.717, 1.165) is 18.7 Å². The first-order valence-electron chi connectivity index (χ1n) is 4.39. The summed E-state index contributed by atoms with van der Waals surface area (Å²) in [5.41, 5.74) is 5.36. The third-order valence-corrected chi connectivity index (χ3v) is 1.73. The molecule has 0 aliphatic carbocycles. The average molecular weight is 193 g/mol. The number of nitrogens with zero attached hydrogens (tertiary/aromatic N) is 4. The van der Waals surface area contributed by atoms with Crippen LogP contribution in [0.4, 0.5) is 5.95 Å². The minimum atomic E-state index is 0.196. The maximum atomic E-state index is 5.36. The highest BCUT2D eigenvalue weighted by Crippen LogP contribution is 2.09. The molecular formula is C7H11N7. The van der Waals surface area contributed by atoms with Crippen molar-refractivity contribution in [1.29, 1.82) is 0 Å². The molecule has 0 spiro atoms. The molecule has 0 unspecified atom stereocenters. The van der Waals surface area contributed by atoms with Crippen LogP contribution >= 0.6 is 0 Å². The summed E-state index contributed by atoms with van der Waals surface area (Å²) in [6.07, 6.45) is 1.89. The Kier molecular flexibility index (Phi) is 2.13. The van der Waals surface area contributed by atoms with Crippen molar-refractivity contribution in [2.24, 2.45) is 0 Å². The molecule has 0 amide bonds. The second-order valence-electron chi connectivity index (χ2n) is 2.90. The number of hydrogen-bond donors (Lipinski definition) is 3. The molecule has 2 aromatic rings. The normalized spacial score (nSPS) is 10.6. The molecule has 14 heavy (non-hydrogen) atoms. The lowest BCUT2D eigenvalue weighted by atomic mass is 10.3. The fourth-order valence-electron chi connectivity index (χ4n) is 1.12. The first-order chi connectivity index (χ1) is 6.79. The summed E-state index contributed by atoms with van der Waals surface area (Å²) in [5.74, 6) is 2.03. The number of nitrogens with one attached hydrogen (secondary N) is 2. The third kappa shape index (κ3) is 1.56. The minimum absolute atomic E-state index is 0.196. The van der Waals surface area contributed by atoms with Gasteiger partial charge < -0.3 is 5.73 Å². The van der Waals surface area contributed by atoms with Gasteiger partial charge in [0.1, 0.15) is 5.82 Å². The summed E-state index contributed by atoms with van der Waals surface area (Å²) in [5, 5.41) is 13.2. The van der Waals surface area contributed by atoms with Crippen LogP contribution in [0.15, 0.2) is 0 Å². The number of aromatic amines is 2. The Morgan fingerprint density at radius 1 is 1.21 bits per heavy atom. The van der Waals surface area contributed by atoms with E-state index in [1.54, 1.807) is 0 Å². The number of hydrogen-bond acceptors (Lipinski definition) is 5. The minimum Gasteiger partial charge on any atom is -0.366 e. The molecule has 74 valence electrons. The van der Waals surface area contributed by atoms with E-state index >= 15 is 0 Å². The van der Waals surface area contributed by atoms with E-state index in [4.69, 9.17) is 5.73 Å². The zero-order chi connectivity index (χ0) is 9.97. The summed E-state index contributed by atoms with van der Waals surface area (Å²) in [6, 6.07) is 0. The van der Waals surface area contributed by atoms with Crippen molar-refractivity contribution in [2.75, 3.05) is 5.73 Å². The van der Waals surface area contributed by atoms with Gasteiger partial charge in [-0.1, -0.05) is 6.92 Å². The van der Waals surface area contributed by atoms with Crippen LogP contribution in [-0.4, -0.2) is 30.4 Å². The first kappa shape index (κ1) is 8.67. The van der Waals surface area contributed by atoms with E-state index in [-0.39, 0.29) is 5.95 Å². The molecule has 0 saturated carbocycles.